The Labute approximate surface area is 153 Å². The third-order valence-corrected chi connectivity index (χ3v) is 4.66. The van der Waals surface area contributed by atoms with Crippen molar-refractivity contribution in [2.24, 2.45) is 5.73 Å². The molecular formula is C17H13F7N2O2. The summed E-state index contributed by atoms with van der Waals surface area (Å²) in [6, 6.07) is 2.32. The van der Waals surface area contributed by atoms with Crippen molar-refractivity contribution in [3.63, 3.8) is 0 Å². The summed E-state index contributed by atoms with van der Waals surface area (Å²) >= 11 is 0. The Morgan fingerprint density at radius 3 is 2.54 bits per heavy atom. The maximum Gasteiger partial charge on any atom is 0.351 e. The maximum absolute atomic E-state index is 14.3. The topological polar surface area (TPSA) is 68.2 Å². The predicted octanol–water partition coefficient (Wildman–Crippen LogP) is 3.75. The second kappa shape index (κ2) is 6.50. The summed E-state index contributed by atoms with van der Waals surface area (Å²) in [6.07, 6.45) is -6.71. The number of alkyl halides is 6. The fraction of sp³-hybridized carbons (Fsp3) is 0.353. The Morgan fingerprint density at radius 1 is 1.32 bits per heavy atom. The number of amides is 1. The minimum absolute atomic E-state index is 0.225. The fourth-order valence-corrected chi connectivity index (χ4v) is 3.22. The fourth-order valence-electron chi connectivity index (χ4n) is 3.22. The van der Waals surface area contributed by atoms with Crippen LogP contribution in [0.2, 0.25) is 0 Å². The third kappa shape index (κ3) is 3.03. The van der Waals surface area contributed by atoms with Gasteiger partial charge in [0.1, 0.15) is 11.9 Å². The molecule has 0 radical (unpaired) electrons. The normalized spacial score (nSPS) is 19.0. The molecule has 0 saturated heterocycles. The number of halogens is 7. The van der Waals surface area contributed by atoms with Crippen molar-refractivity contribution < 1.29 is 40.6 Å². The molecule has 1 aliphatic rings. The van der Waals surface area contributed by atoms with Crippen LogP contribution in [0.25, 0.3) is 5.69 Å². The third-order valence-electron chi connectivity index (χ3n) is 4.66. The number of aliphatic hydroxyl groups is 1. The van der Waals surface area contributed by atoms with E-state index < -0.39 is 65.6 Å². The largest absolute Gasteiger partial charge is 0.382 e. The lowest BCUT2D eigenvalue weighted by molar-refractivity contribution is -0.145. The van der Waals surface area contributed by atoms with Gasteiger partial charge in [0.05, 0.1) is 11.1 Å². The van der Waals surface area contributed by atoms with Crippen molar-refractivity contribution >= 4 is 5.91 Å². The number of nitrogens with zero attached hydrogens (tertiary/aromatic N) is 1. The van der Waals surface area contributed by atoms with Gasteiger partial charge < -0.3 is 15.4 Å². The first-order valence-electron chi connectivity index (χ1n) is 7.94. The van der Waals surface area contributed by atoms with Gasteiger partial charge in [-0.15, -0.1) is 0 Å². The van der Waals surface area contributed by atoms with E-state index in [1.54, 1.807) is 0 Å². The van der Waals surface area contributed by atoms with Gasteiger partial charge in [0.15, 0.2) is 0 Å². The summed E-state index contributed by atoms with van der Waals surface area (Å²) in [5.74, 6) is -11.5. The van der Waals surface area contributed by atoms with Crippen LogP contribution >= 0.6 is 0 Å². The van der Waals surface area contributed by atoms with E-state index in [1.165, 1.54) is 0 Å². The minimum Gasteiger partial charge on any atom is -0.382 e. The van der Waals surface area contributed by atoms with Gasteiger partial charge in [-0.05, 0) is 24.6 Å². The average Bonchev–Trinajstić information content (AvgIpc) is 2.99. The van der Waals surface area contributed by atoms with Gasteiger partial charge in [0.25, 0.3) is 18.3 Å². The molecule has 1 atom stereocenters. The van der Waals surface area contributed by atoms with Gasteiger partial charge >= 0.3 is 5.92 Å². The Hall–Kier alpha value is -2.56. The molecule has 0 aliphatic heterocycles. The molecule has 28 heavy (non-hydrogen) atoms. The zero-order valence-electron chi connectivity index (χ0n) is 13.9. The second-order valence-corrected chi connectivity index (χ2v) is 6.38. The highest BCUT2D eigenvalue weighted by molar-refractivity contribution is 5.83. The van der Waals surface area contributed by atoms with Crippen LogP contribution < -0.4 is 5.73 Å². The first-order chi connectivity index (χ1) is 12.9. The lowest BCUT2D eigenvalue weighted by Gasteiger charge is -2.30. The number of aliphatic hydroxyl groups excluding tert-OH is 1. The van der Waals surface area contributed by atoms with Gasteiger partial charge in [-0.2, -0.15) is 8.78 Å². The van der Waals surface area contributed by atoms with E-state index in [1.807, 2.05) is 0 Å². The highest BCUT2D eigenvalue weighted by Crippen LogP contribution is 2.48. The summed E-state index contributed by atoms with van der Waals surface area (Å²) in [5, 5.41) is 9.93. The monoisotopic (exact) mass is 410 g/mol. The van der Waals surface area contributed by atoms with Crippen LogP contribution in [-0.4, -0.2) is 21.5 Å². The van der Waals surface area contributed by atoms with Crippen molar-refractivity contribution in [1.29, 1.82) is 0 Å². The van der Waals surface area contributed by atoms with E-state index in [4.69, 9.17) is 0 Å². The van der Waals surface area contributed by atoms with Crippen LogP contribution in [0.3, 0.4) is 0 Å². The van der Waals surface area contributed by atoms with E-state index in [-0.39, 0.29) is 11.4 Å². The highest BCUT2D eigenvalue weighted by Gasteiger charge is 2.51. The van der Waals surface area contributed by atoms with E-state index >= 15 is 0 Å². The average molecular weight is 410 g/mol. The smallest absolute Gasteiger partial charge is 0.351 e. The zero-order valence-corrected chi connectivity index (χ0v) is 13.9. The quantitative estimate of drug-likeness (QED) is 0.754. The molecule has 1 aromatic heterocycles. The van der Waals surface area contributed by atoms with Crippen molar-refractivity contribution in [1.82, 2.24) is 4.57 Å². The molecule has 1 amide bonds. The number of carbonyl (C=O) groups is 1. The molecule has 1 unspecified atom stereocenters. The summed E-state index contributed by atoms with van der Waals surface area (Å²) < 4.78 is 96.7. The highest BCUT2D eigenvalue weighted by atomic mass is 19.3. The van der Waals surface area contributed by atoms with Crippen molar-refractivity contribution in [2.45, 2.75) is 37.2 Å². The van der Waals surface area contributed by atoms with Crippen LogP contribution in [0.5, 0.6) is 0 Å². The standard InChI is InChI=1S/C17H13F7N2O2/c18-10-2-1-7(5-8(10)14(19)20)26-6-9(17(23,24)15(25)28)12-11(26)3-4-16(21,22)13(12)27/h1-2,5-6,13-14,27H,3-4H2,(H2,25,28). The number of primary amides is 1. The molecule has 11 heteroatoms. The Balaban J connectivity index is 2.28. The molecule has 1 aliphatic carbocycles. The Morgan fingerprint density at radius 2 is 1.96 bits per heavy atom. The minimum atomic E-state index is -4.41. The Bertz CT molecular complexity index is 940. The number of aromatic nitrogens is 1. The van der Waals surface area contributed by atoms with Crippen LogP contribution in [0.1, 0.15) is 41.3 Å². The predicted molar refractivity (Wildman–Crippen MR) is 82.0 cm³/mol. The van der Waals surface area contributed by atoms with E-state index in [0.29, 0.717) is 18.3 Å². The summed E-state index contributed by atoms with van der Waals surface area (Å²) in [7, 11) is 0. The number of nitrogens with two attached hydrogens (primary N) is 1. The van der Waals surface area contributed by atoms with Gasteiger partial charge in [0.2, 0.25) is 0 Å². The number of hydrogen-bond acceptors (Lipinski definition) is 2. The number of carbonyl (C=O) groups excluding carboxylic acids is 1. The van der Waals surface area contributed by atoms with Crippen LogP contribution in [0.15, 0.2) is 24.4 Å². The molecular weight excluding hydrogens is 397 g/mol. The number of benzene rings is 1. The van der Waals surface area contributed by atoms with Gasteiger partial charge in [-0.1, -0.05) is 0 Å². The van der Waals surface area contributed by atoms with Crippen LogP contribution in [-0.2, 0) is 17.1 Å². The molecule has 0 saturated carbocycles. The summed E-state index contributed by atoms with van der Waals surface area (Å²) in [6.45, 7) is 0. The SMILES string of the molecule is NC(=O)C(F)(F)c1cn(-c2ccc(F)c(C(F)F)c2)c2c1C(O)C(F)(F)CC2. The van der Waals surface area contributed by atoms with Crippen LogP contribution in [0, 0.1) is 5.82 Å². The molecule has 1 heterocycles. The molecule has 0 fully saturated rings. The lowest BCUT2D eigenvalue weighted by Crippen LogP contribution is -2.37. The van der Waals surface area contributed by atoms with E-state index in [9.17, 15) is 40.6 Å². The molecule has 2 aromatic rings. The molecule has 4 nitrogen and oxygen atoms in total. The van der Waals surface area contributed by atoms with Crippen molar-refractivity contribution in [2.75, 3.05) is 0 Å². The number of fused-ring (bicyclic) bond motifs is 1. The lowest BCUT2D eigenvalue weighted by atomic mass is 9.87. The molecule has 1 aromatic carbocycles. The Kier molecular flexibility index (Phi) is 4.69. The van der Waals surface area contributed by atoms with E-state index in [0.717, 1.165) is 10.6 Å². The van der Waals surface area contributed by atoms with Crippen LogP contribution in [0.4, 0.5) is 30.7 Å². The molecule has 152 valence electrons. The number of rotatable bonds is 4. The summed E-state index contributed by atoms with van der Waals surface area (Å²) in [5.41, 5.74) is 1.02. The molecule has 0 bridgehead atoms. The second-order valence-electron chi connectivity index (χ2n) is 6.38. The zero-order chi connectivity index (χ0) is 21.0. The van der Waals surface area contributed by atoms with Gasteiger partial charge in [-0.3, -0.25) is 4.79 Å². The van der Waals surface area contributed by atoms with Crippen molar-refractivity contribution in [3.05, 3.63) is 52.6 Å². The molecule has 3 N–H and O–H groups in total. The number of hydrogen-bond donors (Lipinski definition) is 2. The first kappa shape index (κ1) is 20.2. The van der Waals surface area contributed by atoms with E-state index in [2.05, 4.69) is 5.73 Å². The maximum atomic E-state index is 14.3. The summed E-state index contributed by atoms with van der Waals surface area (Å²) in [4.78, 5) is 11.2. The molecule has 0 spiro atoms. The van der Waals surface area contributed by atoms with Gasteiger partial charge in [0, 0.05) is 29.6 Å². The van der Waals surface area contributed by atoms with Crippen molar-refractivity contribution in [3.8, 4) is 5.69 Å². The molecule has 3 rings (SSSR count). The first-order valence-corrected chi connectivity index (χ1v) is 7.94. The van der Waals surface area contributed by atoms with Gasteiger partial charge in [-0.25, -0.2) is 22.0 Å².